The van der Waals surface area contributed by atoms with Crippen LogP contribution in [0.25, 0.3) is 0 Å². The van der Waals surface area contributed by atoms with Gasteiger partial charge in [0.05, 0.1) is 16.3 Å². The molecule has 2 heterocycles. The van der Waals surface area contributed by atoms with Crippen molar-refractivity contribution < 1.29 is 23.9 Å². The van der Waals surface area contributed by atoms with Crippen molar-refractivity contribution in [1.29, 1.82) is 0 Å². The lowest BCUT2D eigenvalue weighted by molar-refractivity contribution is -0.143. The molecule has 25 heavy (non-hydrogen) atoms. The standard InChI is InChI=1S/C17H17ClN2O5/c18-12-6-5-11(9-13(12)19-7-1-3-14(19)21)17(24)25-10-16(23)20-8-2-4-15(20)22/h5-6,9H,1-4,7-8,10H2. The Balaban J connectivity index is 1.67. The van der Waals surface area contributed by atoms with Gasteiger partial charge in [-0.2, -0.15) is 0 Å². The van der Waals surface area contributed by atoms with E-state index in [1.54, 1.807) is 0 Å². The Morgan fingerprint density at radius 3 is 2.44 bits per heavy atom. The highest BCUT2D eigenvalue weighted by molar-refractivity contribution is 6.34. The Morgan fingerprint density at radius 1 is 1.08 bits per heavy atom. The first-order chi connectivity index (χ1) is 12.0. The molecule has 0 saturated carbocycles. The molecule has 0 bridgehead atoms. The molecule has 0 unspecified atom stereocenters. The van der Waals surface area contributed by atoms with E-state index in [1.807, 2.05) is 0 Å². The maximum absolute atomic E-state index is 12.2. The molecule has 132 valence electrons. The van der Waals surface area contributed by atoms with E-state index in [-0.39, 0.29) is 17.4 Å². The van der Waals surface area contributed by atoms with E-state index in [9.17, 15) is 19.2 Å². The van der Waals surface area contributed by atoms with Crippen LogP contribution in [0.5, 0.6) is 0 Å². The van der Waals surface area contributed by atoms with E-state index in [2.05, 4.69) is 0 Å². The fraction of sp³-hybridized carbons (Fsp3) is 0.412. The molecular formula is C17H17ClN2O5. The first-order valence-corrected chi connectivity index (χ1v) is 8.45. The number of rotatable bonds is 4. The molecule has 0 spiro atoms. The summed E-state index contributed by atoms with van der Waals surface area (Å²) in [5.41, 5.74) is 0.652. The van der Waals surface area contributed by atoms with Crippen LogP contribution >= 0.6 is 11.6 Å². The van der Waals surface area contributed by atoms with Crippen LogP contribution < -0.4 is 4.90 Å². The first kappa shape index (κ1) is 17.4. The highest BCUT2D eigenvalue weighted by Gasteiger charge is 2.28. The van der Waals surface area contributed by atoms with E-state index in [4.69, 9.17) is 16.3 Å². The van der Waals surface area contributed by atoms with Crippen LogP contribution in [0.3, 0.4) is 0 Å². The molecule has 8 heteroatoms. The van der Waals surface area contributed by atoms with Gasteiger partial charge in [0.15, 0.2) is 6.61 Å². The second-order valence-electron chi connectivity index (χ2n) is 5.93. The number of carbonyl (C=O) groups excluding carboxylic acids is 4. The lowest BCUT2D eigenvalue weighted by Crippen LogP contribution is -2.35. The molecular weight excluding hydrogens is 348 g/mol. The van der Waals surface area contributed by atoms with Crippen LogP contribution in [0, 0.1) is 0 Å². The molecule has 0 radical (unpaired) electrons. The average Bonchev–Trinajstić information content (AvgIpc) is 3.21. The smallest absolute Gasteiger partial charge is 0.338 e. The summed E-state index contributed by atoms with van der Waals surface area (Å²) in [5, 5.41) is 0.366. The molecule has 0 aromatic heterocycles. The van der Waals surface area contributed by atoms with Crippen molar-refractivity contribution >= 4 is 41.0 Å². The van der Waals surface area contributed by atoms with Crippen molar-refractivity contribution in [3.8, 4) is 0 Å². The minimum atomic E-state index is -0.704. The van der Waals surface area contributed by atoms with Crippen LogP contribution in [-0.4, -0.2) is 48.3 Å². The van der Waals surface area contributed by atoms with Gasteiger partial charge < -0.3 is 9.64 Å². The average molecular weight is 365 g/mol. The summed E-state index contributed by atoms with van der Waals surface area (Å²) in [5.74, 6) is -1.53. The zero-order chi connectivity index (χ0) is 18.0. The Kier molecular flexibility index (Phi) is 5.03. The topological polar surface area (TPSA) is 84.0 Å². The number of esters is 1. The van der Waals surface area contributed by atoms with Crippen molar-refractivity contribution in [2.45, 2.75) is 25.7 Å². The number of halogens is 1. The van der Waals surface area contributed by atoms with Gasteiger partial charge in [-0.3, -0.25) is 19.3 Å². The lowest BCUT2D eigenvalue weighted by Gasteiger charge is -2.18. The number of imide groups is 1. The van der Waals surface area contributed by atoms with Crippen LogP contribution in [-0.2, 0) is 19.1 Å². The van der Waals surface area contributed by atoms with Crippen LogP contribution in [0.4, 0.5) is 5.69 Å². The van der Waals surface area contributed by atoms with E-state index in [0.717, 1.165) is 11.3 Å². The van der Waals surface area contributed by atoms with Crippen molar-refractivity contribution in [3.05, 3.63) is 28.8 Å². The Hall–Kier alpha value is -2.41. The molecule has 7 nitrogen and oxygen atoms in total. The minimum absolute atomic E-state index is 0.0462. The molecule has 0 aliphatic carbocycles. The number of amides is 3. The second kappa shape index (κ2) is 7.23. The highest BCUT2D eigenvalue weighted by atomic mass is 35.5. The summed E-state index contributed by atoms with van der Waals surface area (Å²) >= 11 is 6.13. The molecule has 1 aromatic rings. The maximum atomic E-state index is 12.2. The zero-order valence-electron chi connectivity index (χ0n) is 13.5. The predicted molar refractivity (Wildman–Crippen MR) is 89.3 cm³/mol. The van der Waals surface area contributed by atoms with Gasteiger partial charge in [0.2, 0.25) is 11.8 Å². The van der Waals surface area contributed by atoms with E-state index in [0.29, 0.717) is 43.1 Å². The summed E-state index contributed by atoms with van der Waals surface area (Å²) in [6.45, 7) is 0.412. The number of likely N-dealkylation sites (tertiary alicyclic amines) is 1. The van der Waals surface area contributed by atoms with Gasteiger partial charge in [-0.1, -0.05) is 11.6 Å². The van der Waals surface area contributed by atoms with Gasteiger partial charge in [-0.25, -0.2) is 4.79 Å². The number of hydrogen-bond donors (Lipinski definition) is 0. The number of ether oxygens (including phenoxy) is 1. The van der Waals surface area contributed by atoms with E-state index in [1.165, 1.54) is 23.1 Å². The maximum Gasteiger partial charge on any atom is 0.338 e. The van der Waals surface area contributed by atoms with Gasteiger partial charge in [0, 0.05) is 25.9 Å². The molecule has 1 aromatic carbocycles. The van der Waals surface area contributed by atoms with Gasteiger partial charge in [-0.15, -0.1) is 0 Å². The van der Waals surface area contributed by atoms with Crippen molar-refractivity contribution in [2.75, 3.05) is 24.6 Å². The molecule has 0 atom stereocenters. The third kappa shape index (κ3) is 3.66. The van der Waals surface area contributed by atoms with Crippen LogP contribution in [0.1, 0.15) is 36.0 Å². The van der Waals surface area contributed by atoms with Crippen LogP contribution in [0.2, 0.25) is 5.02 Å². The third-order valence-corrected chi connectivity index (χ3v) is 4.57. The van der Waals surface area contributed by atoms with Crippen molar-refractivity contribution in [2.24, 2.45) is 0 Å². The molecule has 2 aliphatic rings. The van der Waals surface area contributed by atoms with Gasteiger partial charge in [0.25, 0.3) is 5.91 Å². The lowest BCUT2D eigenvalue weighted by atomic mass is 10.2. The highest BCUT2D eigenvalue weighted by Crippen LogP contribution is 2.30. The summed E-state index contributed by atoms with van der Waals surface area (Å²) in [7, 11) is 0. The summed E-state index contributed by atoms with van der Waals surface area (Å²) in [4.78, 5) is 50.1. The van der Waals surface area contributed by atoms with E-state index < -0.39 is 18.5 Å². The summed E-state index contributed by atoms with van der Waals surface area (Å²) in [6.07, 6.45) is 2.15. The Labute approximate surface area is 149 Å². The van der Waals surface area contributed by atoms with Crippen molar-refractivity contribution in [3.63, 3.8) is 0 Å². The monoisotopic (exact) mass is 364 g/mol. The SMILES string of the molecule is O=C(OCC(=O)N1CCCC1=O)c1ccc(Cl)c(N2CCCC2=O)c1. The fourth-order valence-electron chi connectivity index (χ4n) is 2.95. The number of carbonyl (C=O) groups is 4. The Bertz CT molecular complexity index is 749. The fourth-order valence-corrected chi connectivity index (χ4v) is 3.17. The predicted octanol–water partition coefficient (Wildman–Crippen LogP) is 1.77. The number of benzene rings is 1. The number of nitrogens with zero attached hydrogens (tertiary/aromatic N) is 2. The molecule has 2 fully saturated rings. The van der Waals surface area contributed by atoms with Gasteiger partial charge in [0.1, 0.15) is 0 Å². The number of anilines is 1. The normalized spacial score (nSPS) is 17.3. The second-order valence-corrected chi connectivity index (χ2v) is 6.34. The molecule has 2 saturated heterocycles. The first-order valence-electron chi connectivity index (χ1n) is 8.07. The number of hydrogen-bond acceptors (Lipinski definition) is 5. The van der Waals surface area contributed by atoms with Crippen molar-refractivity contribution in [1.82, 2.24) is 4.90 Å². The van der Waals surface area contributed by atoms with Gasteiger partial charge >= 0.3 is 5.97 Å². The quantitative estimate of drug-likeness (QED) is 0.760. The third-order valence-electron chi connectivity index (χ3n) is 4.25. The molecule has 2 aliphatic heterocycles. The summed E-state index contributed by atoms with van der Waals surface area (Å²) < 4.78 is 5.01. The van der Waals surface area contributed by atoms with E-state index >= 15 is 0 Å². The molecule has 3 amide bonds. The largest absolute Gasteiger partial charge is 0.452 e. The summed E-state index contributed by atoms with van der Waals surface area (Å²) in [6, 6.07) is 4.48. The molecule has 0 N–H and O–H groups in total. The zero-order valence-corrected chi connectivity index (χ0v) is 14.3. The minimum Gasteiger partial charge on any atom is -0.452 e. The van der Waals surface area contributed by atoms with Gasteiger partial charge in [-0.05, 0) is 31.0 Å². The Morgan fingerprint density at radius 2 is 1.80 bits per heavy atom. The van der Waals surface area contributed by atoms with Crippen LogP contribution in [0.15, 0.2) is 18.2 Å². The molecule has 3 rings (SSSR count).